The summed E-state index contributed by atoms with van der Waals surface area (Å²) in [7, 11) is 0. The monoisotopic (exact) mass is 338 g/mol. The normalized spacial score (nSPS) is 20.1. The Bertz CT molecular complexity index is 773. The number of ether oxygens (including phenoxy) is 1. The number of aryl methyl sites for hydroxylation is 1. The van der Waals surface area contributed by atoms with E-state index in [1.165, 1.54) is 0 Å². The predicted molar refractivity (Wildman–Crippen MR) is 92.9 cm³/mol. The van der Waals surface area contributed by atoms with Gasteiger partial charge < -0.3 is 14.1 Å². The molecule has 2 unspecified atom stereocenters. The molecule has 2 aromatic rings. The van der Waals surface area contributed by atoms with Crippen molar-refractivity contribution in [1.29, 1.82) is 5.26 Å². The molecule has 1 aromatic carbocycles. The zero-order valence-corrected chi connectivity index (χ0v) is 14.6. The molecule has 0 saturated carbocycles. The number of nitrogens with zero attached hydrogens (tertiary/aromatic N) is 2. The third-order valence-corrected chi connectivity index (χ3v) is 4.62. The summed E-state index contributed by atoms with van der Waals surface area (Å²) >= 11 is 0. The van der Waals surface area contributed by atoms with Gasteiger partial charge in [-0.15, -0.1) is 0 Å². The first-order valence-electron chi connectivity index (χ1n) is 8.55. The van der Waals surface area contributed by atoms with Crippen LogP contribution in [0.25, 0.3) is 0 Å². The number of piperidine rings is 1. The van der Waals surface area contributed by atoms with Gasteiger partial charge in [0.25, 0.3) is 5.91 Å². The molecule has 2 heterocycles. The van der Waals surface area contributed by atoms with Gasteiger partial charge in [-0.05, 0) is 62.1 Å². The van der Waals surface area contributed by atoms with Crippen molar-refractivity contribution < 1.29 is 13.9 Å². The van der Waals surface area contributed by atoms with Crippen LogP contribution in [-0.4, -0.2) is 24.0 Å². The number of amides is 1. The van der Waals surface area contributed by atoms with Gasteiger partial charge >= 0.3 is 0 Å². The lowest BCUT2D eigenvalue weighted by Crippen LogP contribution is -2.42. The maximum atomic E-state index is 12.7. The van der Waals surface area contributed by atoms with Gasteiger partial charge in [0.15, 0.2) is 6.61 Å². The van der Waals surface area contributed by atoms with Crippen molar-refractivity contribution in [3.63, 3.8) is 0 Å². The van der Waals surface area contributed by atoms with Crippen molar-refractivity contribution >= 4 is 5.91 Å². The van der Waals surface area contributed by atoms with Crippen LogP contribution in [0, 0.1) is 24.2 Å². The van der Waals surface area contributed by atoms with E-state index >= 15 is 0 Å². The summed E-state index contributed by atoms with van der Waals surface area (Å²) in [5.41, 5.74) is 0.567. The van der Waals surface area contributed by atoms with Gasteiger partial charge in [0, 0.05) is 6.54 Å². The molecule has 0 bridgehead atoms. The fourth-order valence-electron chi connectivity index (χ4n) is 3.20. The number of likely N-dealkylation sites (tertiary alicyclic amines) is 1. The fourth-order valence-corrected chi connectivity index (χ4v) is 3.20. The number of benzene rings is 1. The summed E-state index contributed by atoms with van der Waals surface area (Å²) in [5.74, 6) is 2.79. The number of furan rings is 1. The van der Waals surface area contributed by atoms with Crippen molar-refractivity contribution in [2.24, 2.45) is 5.92 Å². The summed E-state index contributed by atoms with van der Waals surface area (Å²) in [4.78, 5) is 14.6. The van der Waals surface area contributed by atoms with Crippen molar-refractivity contribution in [2.45, 2.75) is 32.7 Å². The van der Waals surface area contributed by atoms with Gasteiger partial charge in [-0.1, -0.05) is 6.92 Å². The molecule has 5 nitrogen and oxygen atoms in total. The molecule has 1 saturated heterocycles. The molecule has 1 aromatic heterocycles. The molecule has 3 rings (SSSR count). The molecule has 1 amide bonds. The average molecular weight is 338 g/mol. The first-order valence-corrected chi connectivity index (χ1v) is 8.55. The van der Waals surface area contributed by atoms with Crippen LogP contribution in [0.5, 0.6) is 5.75 Å². The van der Waals surface area contributed by atoms with Gasteiger partial charge in [-0.3, -0.25) is 4.79 Å². The van der Waals surface area contributed by atoms with Gasteiger partial charge in [0.05, 0.1) is 17.7 Å². The van der Waals surface area contributed by atoms with E-state index in [-0.39, 0.29) is 18.6 Å². The molecule has 25 heavy (non-hydrogen) atoms. The SMILES string of the molecule is Cc1ccc(C2CC(C)CCN2C(=O)COc2ccc(C#N)cc2)o1. The zero-order chi connectivity index (χ0) is 17.8. The Kier molecular flexibility index (Phi) is 5.08. The number of nitriles is 1. The van der Waals surface area contributed by atoms with Crippen LogP contribution in [0.3, 0.4) is 0 Å². The highest BCUT2D eigenvalue weighted by Crippen LogP contribution is 2.35. The summed E-state index contributed by atoms with van der Waals surface area (Å²) in [6, 6.07) is 12.7. The zero-order valence-electron chi connectivity index (χ0n) is 14.6. The molecule has 0 aliphatic carbocycles. The van der Waals surface area contributed by atoms with Gasteiger partial charge in [-0.25, -0.2) is 0 Å². The Hall–Kier alpha value is -2.74. The van der Waals surface area contributed by atoms with Crippen LogP contribution in [-0.2, 0) is 4.79 Å². The minimum absolute atomic E-state index is 0.0174. The van der Waals surface area contributed by atoms with Crippen LogP contribution >= 0.6 is 0 Å². The fraction of sp³-hybridized carbons (Fsp3) is 0.400. The van der Waals surface area contributed by atoms with E-state index in [4.69, 9.17) is 14.4 Å². The molecule has 130 valence electrons. The molecule has 1 aliphatic rings. The molecule has 1 fully saturated rings. The first-order chi connectivity index (χ1) is 12.1. The lowest BCUT2D eigenvalue weighted by atomic mass is 9.91. The van der Waals surface area contributed by atoms with E-state index in [9.17, 15) is 4.79 Å². The lowest BCUT2D eigenvalue weighted by molar-refractivity contribution is -0.138. The molecule has 5 heteroatoms. The highest BCUT2D eigenvalue weighted by atomic mass is 16.5. The van der Waals surface area contributed by atoms with Crippen LogP contribution in [0.2, 0.25) is 0 Å². The number of carbonyl (C=O) groups excluding carboxylic acids is 1. The smallest absolute Gasteiger partial charge is 0.261 e. The van der Waals surface area contributed by atoms with Crippen molar-refractivity contribution in [2.75, 3.05) is 13.2 Å². The molecule has 0 radical (unpaired) electrons. The summed E-state index contributed by atoms with van der Waals surface area (Å²) in [5, 5.41) is 8.82. The molecular weight excluding hydrogens is 316 g/mol. The van der Waals surface area contributed by atoms with Crippen molar-refractivity contribution in [3.8, 4) is 11.8 Å². The largest absolute Gasteiger partial charge is 0.484 e. The Balaban J connectivity index is 1.67. The van der Waals surface area contributed by atoms with Crippen LogP contribution < -0.4 is 4.74 Å². The van der Waals surface area contributed by atoms with Crippen LogP contribution in [0.15, 0.2) is 40.8 Å². The second-order valence-corrected chi connectivity index (χ2v) is 6.61. The summed E-state index contributed by atoms with van der Waals surface area (Å²) in [6.07, 6.45) is 1.88. The quantitative estimate of drug-likeness (QED) is 0.849. The Morgan fingerprint density at radius 3 is 2.72 bits per heavy atom. The van der Waals surface area contributed by atoms with Crippen LogP contribution in [0.1, 0.15) is 42.9 Å². The van der Waals surface area contributed by atoms with E-state index in [0.717, 1.165) is 24.4 Å². The third-order valence-electron chi connectivity index (χ3n) is 4.62. The van der Waals surface area contributed by atoms with E-state index in [0.29, 0.717) is 23.8 Å². The Morgan fingerprint density at radius 1 is 1.32 bits per heavy atom. The minimum Gasteiger partial charge on any atom is -0.484 e. The maximum absolute atomic E-state index is 12.7. The standard InChI is InChI=1S/C20H22N2O3/c1-14-9-10-22(18(11-14)19-8-3-15(2)25-19)20(23)13-24-17-6-4-16(12-21)5-7-17/h3-8,14,18H,9-11,13H2,1-2H3. The molecular formula is C20H22N2O3. The summed E-state index contributed by atoms with van der Waals surface area (Å²) in [6.45, 7) is 4.81. The second kappa shape index (κ2) is 7.43. The Morgan fingerprint density at radius 2 is 2.08 bits per heavy atom. The molecule has 2 atom stereocenters. The topological polar surface area (TPSA) is 66.5 Å². The first kappa shape index (κ1) is 17.1. The average Bonchev–Trinajstić information content (AvgIpc) is 3.06. The molecule has 0 spiro atoms. The number of hydrogen-bond donors (Lipinski definition) is 0. The van der Waals surface area contributed by atoms with Gasteiger partial charge in [0.1, 0.15) is 17.3 Å². The third kappa shape index (κ3) is 4.03. The molecule has 1 aliphatic heterocycles. The minimum atomic E-state index is -0.0460. The number of carbonyl (C=O) groups is 1. The second-order valence-electron chi connectivity index (χ2n) is 6.61. The Labute approximate surface area is 147 Å². The maximum Gasteiger partial charge on any atom is 0.261 e. The van der Waals surface area contributed by atoms with E-state index in [1.807, 2.05) is 24.0 Å². The van der Waals surface area contributed by atoms with Crippen LogP contribution in [0.4, 0.5) is 0 Å². The van der Waals surface area contributed by atoms with Crippen molar-refractivity contribution in [1.82, 2.24) is 4.90 Å². The summed E-state index contributed by atoms with van der Waals surface area (Å²) < 4.78 is 11.4. The van der Waals surface area contributed by atoms with Gasteiger partial charge in [0.2, 0.25) is 0 Å². The predicted octanol–water partition coefficient (Wildman–Crippen LogP) is 3.84. The highest BCUT2D eigenvalue weighted by molar-refractivity contribution is 5.78. The highest BCUT2D eigenvalue weighted by Gasteiger charge is 2.33. The van der Waals surface area contributed by atoms with Crippen molar-refractivity contribution in [3.05, 3.63) is 53.5 Å². The lowest BCUT2D eigenvalue weighted by Gasteiger charge is -2.37. The van der Waals surface area contributed by atoms with E-state index in [2.05, 4.69) is 13.0 Å². The number of hydrogen-bond acceptors (Lipinski definition) is 4. The molecule has 0 N–H and O–H groups in total. The van der Waals surface area contributed by atoms with Gasteiger partial charge in [-0.2, -0.15) is 5.26 Å². The number of rotatable bonds is 4. The van der Waals surface area contributed by atoms with E-state index < -0.39 is 0 Å². The van der Waals surface area contributed by atoms with E-state index in [1.54, 1.807) is 24.3 Å².